The van der Waals surface area contributed by atoms with Gasteiger partial charge in [0.05, 0.1) is 16.6 Å². The Morgan fingerprint density at radius 3 is 1.70 bits per heavy atom. The molecule has 3 heteroatoms. The van der Waals surface area contributed by atoms with Crippen molar-refractivity contribution in [3.8, 4) is 22.5 Å². The predicted molar refractivity (Wildman–Crippen MR) is 198 cm³/mol. The summed E-state index contributed by atoms with van der Waals surface area (Å²) in [6.07, 6.45) is 2.20. The van der Waals surface area contributed by atoms with Crippen LogP contribution in [0.4, 0.5) is 17.1 Å². The first-order valence-electron chi connectivity index (χ1n) is 16.0. The van der Waals surface area contributed by atoms with Gasteiger partial charge in [-0.05, 0) is 83.9 Å². The molecule has 0 unspecified atom stereocenters. The molecule has 0 saturated heterocycles. The maximum atomic E-state index is 2.44. The predicted octanol–water partition coefficient (Wildman–Crippen LogP) is 11.9. The van der Waals surface area contributed by atoms with E-state index in [1.807, 2.05) is 0 Å². The summed E-state index contributed by atoms with van der Waals surface area (Å²) in [6, 6.07) is 65.0. The highest BCUT2D eigenvalue weighted by Crippen LogP contribution is 2.40. The van der Waals surface area contributed by atoms with Crippen LogP contribution in [0.2, 0.25) is 0 Å². The van der Waals surface area contributed by atoms with Crippen LogP contribution in [0.3, 0.4) is 0 Å². The van der Waals surface area contributed by atoms with Crippen molar-refractivity contribution in [3.05, 3.63) is 188 Å². The summed E-state index contributed by atoms with van der Waals surface area (Å²) in [5.41, 5.74) is 11.6. The van der Waals surface area contributed by atoms with E-state index in [1.165, 1.54) is 43.8 Å². The Morgan fingerprint density at radius 2 is 0.979 bits per heavy atom. The van der Waals surface area contributed by atoms with Crippen LogP contribution in [0.25, 0.3) is 55.2 Å². The largest absolute Gasteiger partial charge is 0.316 e. The van der Waals surface area contributed by atoms with E-state index in [4.69, 9.17) is 0 Å². The normalized spacial score (nSPS) is 11.4. The standard InChI is InChI=1S/C44H31N3/c1-4-13-32(14-5-1)33-23-25-34(26-24-33)45-30-29-41-42(45)28-27-40-39-21-10-11-22-43(39)47(44(40)41)38-20-12-19-37(31-38)46(35-15-6-2-7-16-35)36-17-8-3-9-18-36/h1-31H. The second-order valence-electron chi connectivity index (χ2n) is 11.9. The molecule has 0 aliphatic carbocycles. The van der Waals surface area contributed by atoms with Gasteiger partial charge in [-0.1, -0.05) is 109 Å². The van der Waals surface area contributed by atoms with Gasteiger partial charge in [-0.25, -0.2) is 0 Å². The lowest BCUT2D eigenvalue weighted by atomic mass is 10.1. The fourth-order valence-corrected chi connectivity index (χ4v) is 6.99. The minimum absolute atomic E-state index is 1.11. The van der Waals surface area contributed by atoms with Crippen LogP contribution in [0.5, 0.6) is 0 Å². The molecule has 0 fully saturated rings. The monoisotopic (exact) mass is 601 g/mol. The Hall–Kier alpha value is -6.32. The van der Waals surface area contributed by atoms with Crippen LogP contribution < -0.4 is 4.90 Å². The van der Waals surface area contributed by atoms with Crippen molar-refractivity contribution >= 4 is 49.8 Å². The third kappa shape index (κ3) is 4.60. The molecule has 222 valence electrons. The zero-order valence-electron chi connectivity index (χ0n) is 25.7. The number of hydrogen-bond acceptors (Lipinski definition) is 1. The molecular formula is C44H31N3. The number of anilines is 3. The van der Waals surface area contributed by atoms with Gasteiger partial charge in [-0.3, -0.25) is 0 Å². The van der Waals surface area contributed by atoms with Crippen LogP contribution in [0.1, 0.15) is 0 Å². The van der Waals surface area contributed by atoms with Crippen LogP contribution in [-0.2, 0) is 0 Å². The molecule has 0 aliphatic rings. The van der Waals surface area contributed by atoms with Gasteiger partial charge >= 0.3 is 0 Å². The Labute approximate surface area is 273 Å². The number of para-hydroxylation sites is 3. The highest BCUT2D eigenvalue weighted by molar-refractivity contribution is 6.18. The minimum atomic E-state index is 1.11. The summed E-state index contributed by atoms with van der Waals surface area (Å²) < 4.78 is 4.74. The van der Waals surface area contributed by atoms with Gasteiger partial charge in [0.25, 0.3) is 0 Å². The number of fused-ring (bicyclic) bond motifs is 5. The zero-order valence-corrected chi connectivity index (χ0v) is 25.7. The molecule has 2 aromatic heterocycles. The fraction of sp³-hybridized carbons (Fsp3) is 0. The van der Waals surface area contributed by atoms with E-state index in [-0.39, 0.29) is 0 Å². The number of aromatic nitrogens is 2. The van der Waals surface area contributed by atoms with Crippen LogP contribution in [0, 0.1) is 0 Å². The van der Waals surface area contributed by atoms with E-state index >= 15 is 0 Å². The molecule has 0 N–H and O–H groups in total. The summed E-state index contributed by atoms with van der Waals surface area (Å²) in [5.74, 6) is 0. The molecule has 0 aliphatic heterocycles. The number of hydrogen-bond donors (Lipinski definition) is 0. The van der Waals surface area contributed by atoms with Crippen molar-refractivity contribution < 1.29 is 0 Å². The van der Waals surface area contributed by atoms with Gasteiger partial charge in [-0.2, -0.15) is 0 Å². The molecule has 9 aromatic rings. The average molecular weight is 602 g/mol. The van der Waals surface area contributed by atoms with Gasteiger partial charge in [0.15, 0.2) is 0 Å². The summed E-state index contributed by atoms with van der Waals surface area (Å²) in [7, 11) is 0. The fourth-order valence-electron chi connectivity index (χ4n) is 6.99. The van der Waals surface area contributed by atoms with E-state index in [9.17, 15) is 0 Å². The van der Waals surface area contributed by atoms with Crippen LogP contribution in [-0.4, -0.2) is 9.13 Å². The van der Waals surface area contributed by atoms with Crippen LogP contribution >= 0.6 is 0 Å². The Balaban J connectivity index is 1.23. The Kier molecular flexibility index (Phi) is 6.46. The molecule has 0 spiro atoms. The quantitative estimate of drug-likeness (QED) is 0.185. The second kappa shape index (κ2) is 11.2. The SMILES string of the molecule is c1ccc(-c2ccc(-n3ccc4c3ccc3c5ccccc5n(-c5cccc(N(c6ccccc6)c6ccccc6)c5)c34)cc2)cc1. The van der Waals surface area contributed by atoms with Gasteiger partial charge in [0, 0.05) is 50.8 Å². The topological polar surface area (TPSA) is 13.1 Å². The Bertz CT molecular complexity index is 2450. The van der Waals surface area contributed by atoms with Crippen molar-refractivity contribution in [2.75, 3.05) is 4.90 Å². The molecule has 0 amide bonds. The van der Waals surface area contributed by atoms with Crippen molar-refractivity contribution in [1.29, 1.82) is 0 Å². The van der Waals surface area contributed by atoms with E-state index in [2.05, 4.69) is 202 Å². The first-order valence-corrected chi connectivity index (χ1v) is 16.0. The maximum absolute atomic E-state index is 2.44. The van der Waals surface area contributed by atoms with E-state index < -0.39 is 0 Å². The lowest BCUT2D eigenvalue weighted by Crippen LogP contribution is -2.10. The van der Waals surface area contributed by atoms with Gasteiger partial charge in [0.1, 0.15) is 0 Å². The highest BCUT2D eigenvalue weighted by Gasteiger charge is 2.19. The molecule has 0 saturated carbocycles. The molecule has 0 radical (unpaired) electrons. The van der Waals surface area contributed by atoms with E-state index in [0.717, 1.165) is 28.4 Å². The number of nitrogens with zero attached hydrogens (tertiary/aromatic N) is 3. The second-order valence-corrected chi connectivity index (χ2v) is 11.9. The summed E-state index contributed by atoms with van der Waals surface area (Å²) in [6.45, 7) is 0. The molecule has 0 bridgehead atoms. The van der Waals surface area contributed by atoms with Crippen LogP contribution in [0.15, 0.2) is 188 Å². The van der Waals surface area contributed by atoms with Crippen molar-refractivity contribution in [2.24, 2.45) is 0 Å². The highest BCUT2D eigenvalue weighted by atomic mass is 15.1. The Morgan fingerprint density at radius 1 is 0.362 bits per heavy atom. The summed E-state index contributed by atoms with van der Waals surface area (Å²) in [4.78, 5) is 2.32. The first-order chi connectivity index (χ1) is 23.3. The lowest BCUT2D eigenvalue weighted by Gasteiger charge is -2.26. The summed E-state index contributed by atoms with van der Waals surface area (Å²) in [5, 5.41) is 3.72. The van der Waals surface area contributed by atoms with Gasteiger partial charge < -0.3 is 14.0 Å². The first kappa shape index (κ1) is 27.0. The third-order valence-electron chi connectivity index (χ3n) is 9.13. The van der Waals surface area contributed by atoms with E-state index in [0.29, 0.717) is 0 Å². The van der Waals surface area contributed by atoms with Crippen molar-refractivity contribution in [3.63, 3.8) is 0 Å². The maximum Gasteiger partial charge on any atom is 0.0635 e. The van der Waals surface area contributed by atoms with Crippen molar-refractivity contribution in [1.82, 2.24) is 9.13 Å². The van der Waals surface area contributed by atoms with Gasteiger partial charge in [0.2, 0.25) is 0 Å². The van der Waals surface area contributed by atoms with Crippen molar-refractivity contribution in [2.45, 2.75) is 0 Å². The molecule has 47 heavy (non-hydrogen) atoms. The molecule has 3 nitrogen and oxygen atoms in total. The molecular weight excluding hydrogens is 571 g/mol. The molecule has 9 rings (SSSR count). The average Bonchev–Trinajstić information content (AvgIpc) is 3.73. The molecule has 2 heterocycles. The summed E-state index contributed by atoms with van der Waals surface area (Å²) >= 11 is 0. The minimum Gasteiger partial charge on any atom is -0.316 e. The lowest BCUT2D eigenvalue weighted by molar-refractivity contribution is 1.13. The number of rotatable bonds is 6. The number of benzene rings is 7. The molecule has 0 atom stereocenters. The van der Waals surface area contributed by atoms with E-state index in [1.54, 1.807) is 0 Å². The van der Waals surface area contributed by atoms with Gasteiger partial charge in [-0.15, -0.1) is 0 Å². The zero-order chi connectivity index (χ0) is 31.2. The third-order valence-corrected chi connectivity index (χ3v) is 9.13. The smallest absolute Gasteiger partial charge is 0.0635 e. The molecule has 7 aromatic carbocycles.